The summed E-state index contributed by atoms with van der Waals surface area (Å²) in [5.41, 5.74) is -0.0972. The monoisotopic (exact) mass is 168 g/mol. The van der Waals surface area contributed by atoms with Gasteiger partial charge in [0.15, 0.2) is 0 Å². The van der Waals surface area contributed by atoms with Crippen LogP contribution in [-0.4, -0.2) is 5.60 Å². The Bertz CT molecular complexity index is 41.4. The van der Waals surface area contributed by atoms with E-state index in [1.165, 1.54) is 0 Å². The first-order chi connectivity index (χ1) is 2.56. The third-order valence-corrected chi connectivity index (χ3v) is 0.842. The van der Waals surface area contributed by atoms with E-state index in [4.69, 9.17) is 0 Å². The second-order valence-corrected chi connectivity index (χ2v) is 2.39. The van der Waals surface area contributed by atoms with Gasteiger partial charge >= 0.3 is 46.3 Å². The molecule has 0 aromatic rings. The molecule has 3 heteroatoms. The van der Waals surface area contributed by atoms with Gasteiger partial charge in [-0.15, -0.1) is 12.4 Å². The Kier molecular flexibility index (Phi) is 5.68. The molecule has 0 aromatic carbocycles. The topological polar surface area (TPSA) is 9.23 Å². The van der Waals surface area contributed by atoms with E-state index in [1.54, 1.807) is 0 Å². The van der Waals surface area contributed by atoms with Crippen LogP contribution in [0.1, 0.15) is 20.8 Å². The Morgan fingerprint density at radius 2 is 1.43 bits per heavy atom. The molecule has 0 saturated heterocycles. The van der Waals surface area contributed by atoms with Crippen molar-refractivity contribution in [1.82, 2.24) is 0 Å². The molecule has 0 aromatic heterocycles. The molecule has 0 rings (SSSR count). The molecule has 0 aliphatic carbocycles. The SMILES string of the molecule is CC(C)(C)[O][Co].Cl. The van der Waals surface area contributed by atoms with E-state index in [0.29, 0.717) is 0 Å². The Balaban J connectivity index is 0. The third-order valence-electron chi connectivity index (χ3n) is 0.204. The maximum atomic E-state index is 4.62. The first kappa shape index (κ1) is 10.7. The Labute approximate surface area is 59.1 Å². The smallest absolute Gasteiger partial charge is 0.147 e. The molecule has 0 N–H and O–H groups in total. The molecular weight excluding hydrogens is 158 g/mol. The van der Waals surface area contributed by atoms with Gasteiger partial charge in [-0.25, -0.2) is 0 Å². The Morgan fingerprint density at radius 3 is 1.43 bits per heavy atom. The number of hydrogen-bond donors (Lipinski definition) is 0. The maximum absolute atomic E-state index is 4.62. The second-order valence-electron chi connectivity index (χ2n) is 2.18. The fourth-order valence-electron chi connectivity index (χ4n) is 0. The molecule has 1 nitrogen and oxygen atoms in total. The van der Waals surface area contributed by atoms with Gasteiger partial charge in [0.1, 0.15) is 0 Å². The molecular formula is C4H10ClCoO. The fourth-order valence-corrected chi connectivity index (χ4v) is 0. The molecule has 0 saturated carbocycles. The zero-order chi connectivity index (χ0) is 5.21. The summed E-state index contributed by atoms with van der Waals surface area (Å²) in [5, 5.41) is 0. The normalized spacial score (nSPS) is 10.4. The van der Waals surface area contributed by atoms with Crippen molar-refractivity contribution in [3.05, 3.63) is 0 Å². The van der Waals surface area contributed by atoms with Crippen LogP contribution in [0, 0.1) is 0 Å². The van der Waals surface area contributed by atoms with Gasteiger partial charge in [0.05, 0.1) is 0 Å². The van der Waals surface area contributed by atoms with Crippen LogP contribution in [-0.2, 0) is 19.9 Å². The van der Waals surface area contributed by atoms with Crippen molar-refractivity contribution in [3.63, 3.8) is 0 Å². The minimum absolute atomic E-state index is 0. The van der Waals surface area contributed by atoms with E-state index >= 15 is 0 Å². The van der Waals surface area contributed by atoms with Crippen molar-refractivity contribution in [1.29, 1.82) is 0 Å². The number of rotatable bonds is 0. The Morgan fingerprint density at radius 1 is 1.29 bits per heavy atom. The molecule has 7 heavy (non-hydrogen) atoms. The van der Waals surface area contributed by atoms with Gasteiger partial charge in [-0.3, -0.25) is 0 Å². The van der Waals surface area contributed by atoms with Crippen LogP contribution in [0.25, 0.3) is 0 Å². The van der Waals surface area contributed by atoms with Crippen LogP contribution >= 0.6 is 12.4 Å². The minimum Gasteiger partial charge on any atom is -0.147 e. The zero-order valence-corrected chi connectivity index (χ0v) is 6.51. The van der Waals surface area contributed by atoms with Gasteiger partial charge in [-0.1, -0.05) is 0 Å². The van der Waals surface area contributed by atoms with E-state index in [0.717, 1.165) is 0 Å². The molecule has 0 radical (unpaired) electrons. The van der Waals surface area contributed by atoms with Crippen molar-refractivity contribution in [2.45, 2.75) is 26.4 Å². The van der Waals surface area contributed by atoms with Crippen LogP contribution in [0.3, 0.4) is 0 Å². The summed E-state index contributed by atoms with van der Waals surface area (Å²) in [6, 6.07) is 0. The summed E-state index contributed by atoms with van der Waals surface area (Å²) < 4.78 is 4.62. The molecule has 0 spiro atoms. The average molecular weight is 169 g/mol. The Hall–Kier alpha value is 0.756. The van der Waals surface area contributed by atoms with Gasteiger partial charge in [-0.05, 0) is 0 Å². The maximum Gasteiger partial charge on any atom is -0.147 e. The summed E-state index contributed by atoms with van der Waals surface area (Å²) >= 11 is 3.64. The van der Waals surface area contributed by atoms with Crippen molar-refractivity contribution in [2.24, 2.45) is 0 Å². The number of hydrogen-bond acceptors (Lipinski definition) is 1. The van der Waals surface area contributed by atoms with E-state index in [2.05, 4.69) is 19.9 Å². The van der Waals surface area contributed by atoms with Crippen molar-refractivity contribution >= 4 is 12.4 Å². The van der Waals surface area contributed by atoms with Crippen molar-refractivity contribution < 1.29 is 19.9 Å². The largest absolute Gasteiger partial charge is 0.147 e. The van der Waals surface area contributed by atoms with E-state index < -0.39 is 0 Å². The molecule has 0 bridgehead atoms. The first-order valence-electron chi connectivity index (χ1n) is 1.84. The van der Waals surface area contributed by atoms with E-state index in [1.807, 2.05) is 20.8 Å². The molecule has 0 unspecified atom stereocenters. The van der Waals surface area contributed by atoms with Crippen LogP contribution < -0.4 is 0 Å². The van der Waals surface area contributed by atoms with Gasteiger partial charge in [-0.2, -0.15) is 0 Å². The second kappa shape index (κ2) is 3.72. The molecule has 48 valence electrons. The average Bonchev–Trinajstić information content (AvgIpc) is 1.35. The fraction of sp³-hybridized carbons (Fsp3) is 1.00. The molecule has 0 aliphatic rings. The molecule has 0 atom stereocenters. The summed E-state index contributed by atoms with van der Waals surface area (Å²) in [6.07, 6.45) is 0. The summed E-state index contributed by atoms with van der Waals surface area (Å²) in [7, 11) is 0. The quantitative estimate of drug-likeness (QED) is 0.535. The predicted molar refractivity (Wildman–Crippen MR) is 28.1 cm³/mol. The molecule has 0 amide bonds. The standard InChI is InChI=1S/C4H9O.ClH.Co/c1-4(2,3)5;;/h1-3H3;1H;/q-1;;+1. The summed E-state index contributed by atoms with van der Waals surface area (Å²) in [5.74, 6) is 0. The zero-order valence-electron chi connectivity index (χ0n) is 4.65. The van der Waals surface area contributed by atoms with Crippen LogP contribution in [0.2, 0.25) is 0 Å². The molecule has 0 heterocycles. The van der Waals surface area contributed by atoms with Crippen LogP contribution in [0.5, 0.6) is 0 Å². The third kappa shape index (κ3) is 10.8. The van der Waals surface area contributed by atoms with Crippen LogP contribution in [0.4, 0.5) is 0 Å². The molecule has 0 fully saturated rings. The summed E-state index contributed by atoms with van der Waals surface area (Å²) in [4.78, 5) is 0. The van der Waals surface area contributed by atoms with Gasteiger partial charge in [0, 0.05) is 0 Å². The number of halogens is 1. The van der Waals surface area contributed by atoms with Gasteiger partial charge in [0.25, 0.3) is 0 Å². The first-order valence-corrected chi connectivity index (χ1v) is 2.27. The van der Waals surface area contributed by atoms with E-state index in [-0.39, 0.29) is 18.0 Å². The van der Waals surface area contributed by atoms with Gasteiger partial charge < -0.3 is 0 Å². The van der Waals surface area contributed by atoms with E-state index in [9.17, 15) is 0 Å². The van der Waals surface area contributed by atoms with Crippen molar-refractivity contribution in [2.75, 3.05) is 0 Å². The van der Waals surface area contributed by atoms with Crippen molar-refractivity contribution in [3.8, 4) is 0 Å². The van der Waals surface area contributed by atoms with Crippen LogP contribution in [0.15, 0.2) is 0 Å². The predicted octanol–water partition coefficient (Wildman–Crippen LogP) is 1.69. The minimum atomic E-state index is -0.0972. The summed E-state index contributed by atoms with van der Waals surface area (Å²) in [6.45, 7) is 5.83. The van der Waals surface area contributed by atoms with Gasteiger partial charge in [0.2, 0.25) is 0 Å². The molecule has 0 aliphatic heterocycles.